The second kappa shape index (κ2) is 8.46. The Kier molecular flexibility index (Phi) is 6.04. The summed E-state index contributed by atoms with van der Waals surface area (Å²) in [5.41, 5.74) is 1.49. The van der Waals surface area contributed by atoms with Gasteiger partial charge in [0, 0.05) is 5.56 Å². The molecule has 0 unspecified atom stereocenters. The van der Waals surface area contributed by atoms with Crippen molar-refractivity contribution in [2.45, 2.75) is 13.3 Å². The number of ether oxygens (including phenoxy) is 3. The Balaban J connectivity index is 1.88. The summed E-state index contributed by atoms with van der Waals surface area (Å²) in [6.07, 6.45) is 2.52. The van der Waals surface area contributed by atoms with Gasteiger partial charge in [0.25, 0.3) is 0 Å². The molecule has 0 aromatic heterocycles. The summed E-state index contributed by atoms with van der Waals surface area (Å²) in [5, 5.41) is 0.774. The van der Waals surface area contributed by atoms with Gasteiger partial charge in [-0.25, -0.2) is 9.79 Å². The van der Waals surface area contributed by atoms with Gasteiger partial charge in [0.1, 0.15) is 0 Å². The first-order valence-electron chi connectivity index (χ1n) is 8.30. The fourth-order valence-corrected chi connectivity index (χ4v) is 2.72. The average molecular weight is 406 g/mol. The average Bonchev–Trinajstić information content (AvgIpc) is 3.03. The first kappa shape index (κ1) is 19.3. The van der Waals surface area contributed by atoms with Crippen LogP contribution in [0.3, 0.4) is 0 Å². The first-order chi connectivity index (χ1) is 13.0. The molecule has 0 fully saturated rings. The van der Waals surface area contributed by atoms with E-state index in [2.05, 4.69) is 4.99 Å². The predicted octanol–water partition coefficient (Wildman–Crippen LogP) is 5.14. The Labute approximate surface area is 167 Å². The highest BCUT2D eigenvalue weighted by atomic mass is 35.5. The normalized spacial score (nSPS) is 14.9. The molecule has 27 heavy (non-hydrogen) atoms. The number of aliphatic imine (C=N–C) groups is 1. The van der Waals surface area contributed by atoms with Gasteiger partial charge in [0.2, 0.25) is 5.90 Å². The fourth-order valence-electron chi connectivity index (χ4n) is 2.42. The van der Waals surface area contributed by atoms with Crippen molar-refractivity contribution in [3.8, 4) is 11.5 Å². The SMILES string of the molecule is CCCOc1ccc(/C=C2\N=C(c3ccc(Cl)c(Cl)c3)OC2=O)cc1OC. The van der Waals surface area contributed by atoms with Gasteiger partial charge in [-0.15, -0.1) is 0 Å². The van der Waals surface area contributed by atoms with E-state index in [9.17, 15) is 4.79 Å². The van der Waals surface area contributed by atoms with E-state index in [0.717, 1.165) is 12.0 Å². The van der Waals surface area contributed by atoms with E-state index in [-0.39, 0.29) is 11.6 Å². The van der Waals surface area contributed by atoms with Gasteiger partial charge in [-0.2, -0.15) is 0 Å². The molecule has 1 aliphatic rings. The third-order valence-electron chi connectivity index (χ3n) is 3.74. The van der Waals surface area contributed by atoms with Crippen molar-refractivity contribution in [3.05, 3.63) is 63.3 Å². The van der Waals surface area contributed by atoms with Crippen LogP contribution in [0, 0.1) is 0 Å². The number of methoxy groups -OCH3 is 1. The molecule has 140 valence electrons. The number of nitrogens with zero attached hydrogens (tertiary/aromatic N) is 1. The maximum atomic E-state index is 12.2. The quantitative estimate of drug-likeness (QED) is 0.493. The van der Waals surface area contributed by atoms with Crippen LogP contribution in [-0.4, -0.2) is 25.6 Å². The summed E-state index contributed by atoms with van der Waals surface area (Å²) < 4.78 is 16.2. The molecule has 0 amide bonds. The zero-order chi connectivity index (χ0) is 19.4. The van der Waals surface area contributed by atoms with E-state index in [1.54, 1.807) is 43.5 Å². The summed E-state index contributed by atoms with van der Waals surface area (Å²) in [4.78, 5) is 16.4. The van der Waals surface area contributed by atoms with Gasteiger partial charge in [0.05, 0.1) is 23.8 Å². The van der Waals surface area contributed by atoms with Crippen LogP contribution in [0.25, 0.3) is 6.08 Å². The number of rotatable bonds is 6. The van der Waals surface area contributed by atoms with Crippen molar-refractivity contribution in [1.29, 1.82) is 0 Å². The van der Waals surface area contributed by atoms with Gasteiger partial charge in [-0.1, -0.05) is 36.2 Å². The lowest BCUT2D eigenvalue weighted by molar-refractivity contribution is -0.129. The van der Waals surface area contributed by atoms with Gasteiger partial charge < -0.3 is 14.2 Å². The van der Waals surface area contributed by atoms with Crippen molar-refractivity contribution in [2.24, 2.45) is 4.99 Å². The number of hydrogen-bond donors (Lipinski definition) is 0. The second-order valence-electron chi connectivity index (χ2n) is 5.72. The van der Waals surface area contributed by atoms with Gasteiger partial charge in [-0.05, 0) is 48.4 Å². The molecule has 0 saturated heterocycles. The fraction of sp³-hybridized carbons (Fsp3) is 0.200. The molecule has 0 radical (unpaired) electrons. The molecule has 0 spiro atoms. The summed E-state index contributed by atoms with van der Waals surface area (Å²) >= 11 is 11.9. The van der Waals surface area contributed by atoms with Crippen molar-refractivity contribution in [3.63, 3.8) is 0 Å². The number of hydrogen-bond acceptors (Lipinski definition) is 5. The third-order valence-corrected chi connectivity index (χ3v) is 4.48. The highest BCUT2D eigenvalue weighted by Gasteiger charge is 2.24. The van der Waals surface area contributed by atoms with E-state index >= 15 is 0 Å². The minimum absolute atomic E-state index is 0.180. The lowest BCUT2D eigenvalue weighted by atomic mass is 10.1. The summed E-state index contributed by atoms with van der Waals surface area (Å²) in [5.74, 6) is 0.870. The minimum atomic E-state index is -0.540. The summed E-state index contributed by atoms with van der Waals surface area (Å²) in [6.45, 7) is 2.63. The van der Waals surface area contributed by atoms with E-state index in [4.69, 9.17) is 37.4 Å². The lowest BCUT2D eigenvalue weighted by Gasteiger charge is -2.10. The van der Waals surface area contributed by atoms with Crippen molar-refractivity contribution < 1.29 is 19.0 Å². The second-order valence-corrected chi connectivity index (χ2v) is 6.54. The van der Waals surface area contributed by atoms with Crippen molar-refractivity contribution in [1.82, 2.24) is 0 Å². The molecule has 2 aromatic rings. The van der Waals surface area contributed by atoms with Crippen LogP contribution in [0.2, 0.25) is 10.0 Å². The molecule has 0 aliphatic carbocycles. The molecule has 5 nitrogen and oxygen atoms in total. The Morgan fingerprint density at radius 2 is 1.93 bits per heavy atom. The molecule has 7 heteroatoms. The zero-order valence-corrected chi connectivity index (χ0v) is 16.3. The largest absolute Gasteiger partial charge is 0.493 e. The number of carbonyl (C=O) groups is 1. The molecule has 0 bridgehead atoms. The number of benzene rings is 2. The van der Waals surface area contributed by atoms with Gasteiger partial charge in [0.15, 0.2) is 17.2 Å². The highest BCUT2D eigenvalue weighted by molar-refractivity contribution is 6.42. The van der Waals surface area contributed by atoms with Crippen LogP contribution >= 0.6 is 23.2 Å². The Morgan fingerprint density at radius 1 is 1.11 bits per heavy atom. The molecule has 0 atom stereocenters. The van der Waals surface area contributed by atoms with Crippen LogP contribution in [-0.2, 0) is 9.53 Å². The van der Waals surface area contributed by atoms with Crippen LogP contribution in [0.5, 0.6) is 11.5 Å². The van der Waals surface area contributed by atoms with Crippen molar-refractivity contribution in [2.75, 3.05) is 13.7 Å². The standard InChI is InChI=1S/C20H17Cl2NO4/c1-3-8-26-17-7-4-12(10-18(17)25-2)9-16-20(24)27-19(23-16)13-5-6-14(21)15(22)11-13/h4-7,9-11H,3,8H2,1-2H3/b16-9-. The smallest absolute Gasteiger partial charge is 0.363 e. The maximum absolute atomic E-state index is 12.2. The summed E-state index contributed by atoms with van der Waals surface area (Å²) in [6, 6.07) is 10.3. The van der Waals surface area contributed by atoms with Gasteiger partial charge >= 0.3 is 5.97 Å². The summed E-state index contributed by atoms with van der Waals surface area (Å²) in [7, 11) is 1.56. The number of halogens is 2. The topological polar surface area (TPSA) is 57.1 Å². The van der Waals surface area contributed by atoms with Crippen molar-refractivity contribution >= 4 is 41.1 Å². The van der Waals surface area contributed by atoms with Gasteiger partial charge in [-0.3, -0.25) is 0 Å². The van der Waals surface area contributed by atoms with E-state index in [1.807, 2.05) is 13.0 Å². The molecule has 1 heterocycles. The Hall–Kier alpha value is -2.50. The monoisotopic (exact) mass is 405 g/mol. The third kappa shape index (κ3) is 4.43. The van der Waals surface area contributed by atoms with Crippen LogP contribution in [0.1, 0.15) is 24.5 Å². The number of carbonyl (C=O) groups excluding carboxylic acids is 1. The molecule has 2 aromatic carbocycles. The first-order valence-corrected chi connectivity index (χ1v) is 9.06. The molecule has 1 aliphatic heterocycles. The zero-order valence-electron chi connectivity index (χ0n) is 14.8. The predicted molar refractivity (Wildman–Crippen MR) is 106 cm³/mol. The van der Waals surface area contributed by atoms with E-state index in [0.29, 0.717) is 33.7 Å². The molecule has 0 N–H and O–H groups in total. The van der Waals surface area contributed by atoms with Crippen LogP contribution < -0.4 is 9.47 Å². The lowest BCUT2D eigenvalue weighted by Crippen LogP contribution is -2.05. The minimum Gasteiger partial charge on any atom is -0.493 e. The van der Waals surface area contributed by atoms with E-state index in [1.165, 1.54) is 0 Å². The molecule has 3 rings (SSSR count). The molecule has 0 saturated carbocycles. The van der Waals surface area contributed by atoms with Crippen LogP contribution in [0.15, 0.2) is 47.1 Å². The highest BCUT2D eigenvalue weighted by Crippen LogP contribution is 2.30. The Bertz CT molecular complexity index is 938. The Morgan fingerprint density at radius 3 is 2.63 bits per heavy atom. The van der Waals surface area contributed by atoms with Crippen LogP contribution in [0.4, 0.5) is 0 Å². The molecular formula is C20H17Cl2NO4. The number of cyclic esters (lactones) is 1. The number of esters is 1. The maximum Gasteiger partial charge on any atom is 0.363 e. The van der Waals surface area contributed by atoms with E-state index < -0.39 is 5.97 Å². The molecular weight excluding hydrogens is 389 g/mol.